The molecule has 0 atom stereocenters. The molecule has 2 amide bonds. The van der Waals surface area contributed by atoms with Gasteiger partial charge in [-0.05, 0) is 18.2 Å². The van der Waals surface area contributed by atoms with E-state index in [0.29, 0.717) is 49.3 Å². The summed E-state index contributed by atoms with van der Waals surface area (Å²) in [5.74, 6) is -0.171. The molecule has 0 radical (unpaired) electrons. The Balaban J connectivity index is 1.81. The van der Waals surface area contributed by atoms with Crippen LogP contribution < -0.4 is 21.1 Å². The summed E-state index contributed by atoms with van der Waals surface area (Å²) in [6.07, 6.45) is 0. The van der Waals surface area contributed by atoms with Gasteiger partial charge in [0, 0.05) is 44.6 Å². The fraction of sp³-hybridized carbons (Fsp3) is 0.400. The molecule has 0 saturated carbocycles. The number of amides is 2. The summed E-state index contributed by atoms with van der Waals surface area (Å²) in [6.45, 7) is 3.60. The molecule has 2 aromatic rings. The van der Waals surface area contributed by atoms with Crippen molar-refractivity contribution in [2.24, 2.45) is 0 Å². The number of anilines is 3. The molecule has 10 heteroatoms. The zero-order valence-electron chi connectivity index (χ0n) is 17.0. The van der Waals surface area contributed by atoms with Crippen LogP contribution in [0.2, 0.25) is 0 Å². The smallest absolute Gasteiger partial charge is 0.255 e. The highest BCUT2D eigenvalue weighted by atomic mass is 16.5. The third-order valence-electron chi connectivity index (χ3n) is 4.40. The SMILES string of the molecule is COCc1cc(=O)n(CC(=O)Nc2cccc(NC(C)=O)c2)c(N2CCOCC2)n1. The molecule has 3 rings (SSSR count). The molecule has 1 saturated heterocycles. The van der Waals surface area contributed by atoms with Gasteiger partial charge in [0.15, 0.2) is 0 Å². The van der Waals surface area contributed by atoms with Crippen LogP contribution in [0.4, 0.5) is 17.3 Å². The first-order valence-corrected chi connectivity index (χ1v) is 9.56. The van der Waals surface area contributed by atoms with Crippen LogP contribution in [-0.4, -0.2) is 54.8 Å². The zero-order valence-corrected chi connectivity index (χ0v) is 17.0. The monoisotopic (exact) mass is 415 g/mol. The van der Waals surface area contributed by atoms with E-state index in [2.05, 4.69) is 15.6 Å². The van der Waals surface area contributed by atoms with Crippen molar-refractivity contribution in [2.45, 2.75) is 20.1 Å². The highest BCUT2D eigenvalue weighted by Crippen LogP contribution is 2.16. The highest BCUT2D eigenvalue weighted by molar-refractivity contribution is 5.93. The number of aromatic nitrogens is 2. The first-order valence-electron chi connectivity index (χ1n) is 9.56. The third-order valence-corrected chi connectivity index (χ3v) is 4.40. The Morgan fingerprint density at radius 2 is 1.87 bits per heavy atom. The van der Waals surface area contributed by atoms with Crippen LogP contribution in [0, 0.1) is 0 Å². The number of benzene rings is 1. The van der Waals surface area contributed by atoms with Gasteiger partial charge >= 0.3 is 0 Å². The van der Waals surface area contributed by atoms with E-state index in [9.17, 15) is 14.4 Å². The van der Waals surface area contributed by atoms with E-state index in [0.717, 1.165) is 0 Å². The van der Waals surface area contributed by atoms with Crippen LogP contribution in [-0.2, 0) is 32.2 Å². The number of morpholine rings is 1. The Bertz CT molecular complexity index is 968. The first-order chi connectivity index (χ1) is 14.5. The van der Waals surface area contributed by atoms with Crippen molar-refractivity contribution in [1.29, 1.82) is 0 Å². The zero-order chi connectivity index (χ0) is 21.5. The van der Waals surface area contributed by atoms with Gasteiger partial charge in [0.2, 0.25) is 17.8 Å². The molecule has 30 heavy (non-hydrogen) atoms. The molecule has 0 bridgehead atoms. The van der Waals surface area contributed by atoms with Crippen molar-refractivity contribution in [3.63, 3.8) is 0 Å². The van der Waals surface area contributed by atoms with E-state index >= 15 is 0 Å². The van der Waals surface area contributed by atoms with Crippen molar-refractivity contribution in [2.75, 3.05) is 48.9 Å². The van der Waals surface area contributed by atoms with Gasteiger partial charge in [0.25, 0.3) is 5.56 Å². The molecule has 1 fully saturated rings. The first kappa shape index (κ1) is 21.5. The molecule has 1 aliphatic heterocycles. The topological polar surface area (TPSA) is 115 Å². The average Bonchev–Trinajstić information content (AvgIpc) is 2.70. The highest BCUT2D eigenvalue weighted by Gasteiger charge is 2.20. The number of nitrogens with zero attached hydrogens (tertiary/aromatic N) is 3. The summed E-state index contributed by atoms with van der Waals surface area (Å²) in [6, 6.07) is 8.15. The van der Waals surface area contributed by atoms with E-state index in [1.807, 2.05) is 4.90 Å². The maximum atomic E-state index is 12.7. The van der Waals surface area contributed by atoms with Crippen molar-refractivity contribution >= 4 is 29.1 Å². The van der Waals surface area contributed by atoms with E-state index in [-0.39, 0.29) is 30.5 Å². The Hall–Kier alpha value is -3.24. The van der Waals surface area contributed by atoms with E-state index in [1.165, 1.54) is 24.7 Å². The molecule has 160 valence electrons. The summed E-state index contributed by atoms with van der Waals surface area (Å²) in [4.78, 5) is 43.1. The van der Waals surface area contributed by atoms with Crippen LogP contribution in [0.25, 0.3) is 0 Å². The maximum Gasteiger partial charge on any atom is 0.255 e. The normalized spacial score (nSPS) is 13.7. The Kier molecular flexibility index (Phi) is 7.15. The number of carbonyl (C=O) groups is 2. The second kappa shape index (κ2) is 9.99. The van der Waals surface area contributed by atoms with E-state index in [4.69, 9.17) is 9.47 Å². The average molecular weight is 415 g/mol. The molecule has 0 spiro atoms. The Labute approximate surface area is 173 Å². The summed E-state index contributed by atoms with van der Waals surface area (Å²) in [5.41, 5.74) is 1.25. The van der Waals surface area contributed by atoms with Crippen molar-refractivity contribution in [3.8, 4) is 0 Å². The van der Waals surface area contributed by atoms with Crippen molar-refractivity contribution in [3.05, 3.63) is 46.4 Å². The number of nitrogens with one attached hydrogen (secondary N) is 2. The van der Waals surface area contributed by atoms with Gasteiger partial charge < -0.3 is 25.0 Å². The second-order valence-electron chi connectivity index (χ2n) is 6.81. The van der Waals surface area contributed by atoms with Crippen LogP contribution in [0.3, 0.4) is 0 Å². The number of rotatable bonds is 7. The number of hydrogen-bond donors (Lipinski definition) is 2. The number of ether oxygens (including phenoxy) is 2. The lowest BCUT2D eigenvalue weighted by Crippen LogP contribution is -2.42. The minimum atomic E-state index is -0.382. The van der Waals surface area contributed by atoms with Gasteiger partial charge in [0.1, 0.15) is 6.54 Å². The van der Waals surface area contributed by atoms with Gasteiger partial charge in [-0.3, -0.25) is 19.0 Å². The second-order valence-corrected chi connectivity index (χ2v) is 6.81. The molecule has 0 aliphatic carbocycles. The molecule has 0 unspecified atom stereocenters. The van der Waals surface area contributed by atoms with Gasteiger partial charge in [-0.25, -0.2) is 4.98 Å². The van der Waals surface area contributed by atoms with Crippen molar-refractivity contribution < 1.29 is 19.1 Å². The summed E-state index contributed by atoms with van der Waals surface area (Å²) in [5, 5.41) is 5.42. The number of methoxy groups -OCH3 is 1. The predicted molar refractivity (Wildman–Crippen MR) is 112 cm³/mol. The fourth-order valence-electron chi connectivity index (χ4n) is 3.14. The fourth-order valence-corrected chi connectivity index (χ4v) is 3.14. The van der Waals surface area contributed by atoms with Gasteiger partial charge in [0.05, 0.1) is 25.5 Å². The lowest BCUT2D eigenvalue weighted by atomic mass is 10.2. The van der Waals surface area contributed by atoms with Gasteiger partial charge in [-0.2, -0.15) is 0 Å². The molecular weight excluding hydrogens is 390 g/mol. The van der Waals surface area contributed by atoms with Gasteiger partial charge in [-0.1, -0.05) is 6.07 Å². The quantitative estimate of drug-likeness (QED) is 0.688. The van der Waals surface area contributed by atoms with Gasteiger partial charge in [-0.15, -0.1) is 0 Å². The minimum Gasteiger partial charge on any atom is -0.378 e. The van der Waals surface area contributed by atoms with Crippen LogP contribution in [0.1, 0.15) is 12.6 Å². The summed E-state index contributed by atoms with van der Waals surface area (Å²) < 4.78 is 11.8. The molecule has 2 heterocycles. The van der Waals surface area contributed by atoms with E-state index < -0.39 is 0 Å². The Morgan fingerprint density at radius 1 is 1.17 bits per heavy atom. The van der Waals surface area contributed by atoms with Crippen LogP contribution in [0.15, 0.2) is 35.1 Å². The summed E-state index contributed by atoms with van der Waals surface area (Å²) >= 11 is 0. The largest absolute Gasteiger partial charge is 0.378 e. The number of hydrogen-bond acceptors (Lipinski definition) is 7. The standard InChI is InChI=1S/C20H25N5O5/c1-14(26)21-15-4-3-5-16(10-15)22-18(27)12-25-19(28)11-17(13-29-2)23-20(25)24-6-8-30-9-7-24/h3-5,10-11H,6-9,12-13H2,1-2H3,(H,21,26)(H,22,27). The molecule has 1 aliphatic rings. The maximum absolute atomic E-state index is 12.7. The molecule has 1 aromatic heterocycles. The molecular formula is C20H25N5O5. The molecule has 2 N–H and O–H groups in total. The van der Waals surface area contributed by atoms with Crippen LogP contribution in [0.5, 0.6) is 0 Å². The minimum absolute atomic E-state index is 0.198. The predicted octanol–water partition coefficient (Wildman–Crippen LogP) is 0.823. The number of carbonyl (C=O) groups excluding carboxylic acids is 2. The van der Waals surface area contributed by atoms with Crippen molar-refractivity contribution in [1.82, 2.24) is 9.55 Å². The molecule has 1 aromatic carbocycles. The lowest BCUT2D eigenvalue weighted by molar-refractivity contribution is -0.117. The summed E-state index contributed by atoms with van der Waals surface area (Å²) in [7, 11) is 1.53. The Morgan fingerprint density at radius 3 is 2.53 bits per heavy atom. The van der Waals surface area contributed by atoms with E-state index in [1.54, 1.807) is 24.3 Å². The lowest BCUT2D eigenvalue weighted by Gasteiger charge is -2.29. The van der Waals surface area contributed by atoms with Crippen LogP contribution >= 0.6 is 0 Å². The molecule has 10 nitrogen and oxygen atoms in total. The third kappa shape index (κ3) is 5.65.